The molecule has 9 nitrogen and oxygen atoms in total. The highest BCUT2D eigenvalue weighted by molar-refractivity contribution is 5.70. The van der Waals surface area contributed by atoms with Crippen LogP contribution in [0.2, 0.25) is 0 Å². The zero-order valence-electron chi connectivity index (χ0n) is 19.4. The van der Waals surface area contributed by atoms with Crippen LogP contribution in [0, 0.1) is 0 Å². The number of alkyl halides is 1. The van der Waals surface area contributed by atoms with E-state index in [1.165, 1.54) is 0 Å². The third-order valence-corrected chi connectivity index (χ3v) is 7.46. The summed E-state index contributed by atoms with van der Waals surface area (Å²) in [6.45, 7) is 2.01. The summed E-state index contributed by atoms with van der Waals surface area (Å²) >= 11 is 0. The van der Waals surface area contributed by atoms with Crippen molar-refractivity contribution in [1.29, 1.82) is 0 Å². The van der Waals surface area contributed by atoms with Gasteiger partial charge in [0.1, 0.15) is 18.2 Å². The number of aryl methyl sites for hydroxylation is 1. The quantitative estimate of drug-likeness (QED) is 0.594. The fourth-order valence-electron chi connectivity index (χ4n) is 5.63. The first kappa shape index (κ1) is 21.4. The second-order valence-corrected chi connectivity index (χ2v) is 10.1. The second-order valence-electron chi connectivity index (χ2n) is 10.1. The van der Waals surface area contributed by atoms with Gasteiger partial charge in [0.2, 0.25) is 0 Å². The first-order valence-electron chi connectivity index (χ1n) is 12.0. The number of nitrogens with one attached hydrogen (secondary N) is 1. The Labute approximate surface area is 197 Å². The summed E-state index contributed by atoms with van der Waals surface area (Å²) < 4.78 is 17.4. The van der Waals surface area contributed by atoms with Crippen LogP contribution < -0.4 is 10.2 Å². The molecule has 0 radical (unpaired) electrons. The number of benzene rings is 1. The summed E-state index contributed by atoms with van der Waals surface area (Å²) in [4.78, 5) is 10.9. The number of aromatic hydroxyl groups is 1. The Bertz CT molecular complexity index is 1200. The summed E-state index contributed by atoms with van der Waals surface area (Å²) in [7, 11) is 1.79. The van der Waals surface area contributed by atoms with Gasteiger partial charge in [-0.05, 0) is 57.6 Å². The number of hydrogen-bond acceptors (Lipinski definition) is 8. The monoisotopic (exact) mass is 464 g/mol. The minimum Gasteiger partial charge on any atom is -0.507 e. The van der Waals surface area contributed by atoms with Crippen molar-refractivity contribution in [3.8, 4) is 28.5 Å². The molecular formula is C24H29FN8O. The van der Waals surface area contributed by atoms with Crippen LogP contribution in [0.1, 0.15) is 45.4 Å². The Morgan fingerprint density at radius 2 is 2.03 bits per heavy atom. The number of fused-ring (bicyclic) bond motifs is 2. The predicted molar refractivity (Wildman–Crippen MR) is 125 cm³/mol. The molecule has 3 aliphatic rings. The van der Waals surface area contributed by atoms with Gasteiger partial charge in [0.25, 0.3) is 0 Å². The largest absolute Gasteiger partial charge is 0.507 e. The highest BCUT2D eigenvalue weighted by atomic mass is 19.1. The van der Waals surface area contributed by atoms with Crippen molar-refractivity contribution >= 4 is 5.82 Å². The lowest BCUT2D eigenvalue weighted by atomic mass is 9.73. The number of rotatable bonds is 5. The van der Waals surface area contributed by atoms with Gasteiger partial charge < -0.3 is 15.3 Å². The molecule has 0 spiro atoms. The average molecular weight is 465 g/mol. The normalized spacial score (nSPS) is 28.6. The molecule has 1 aromatic carbocycles. The number of aromatic nitrogens is 6. The van der Waals surface area contributed by atoms with E-state index in [9.17, 15) is 5.11 Å². The summed E-state index contributed by atoms with van der Waals surface area (Å²) in [5, 5.41) is 27.2. The van der Waals surface area contributed by atoms with E-state index in [0.717, 1.165) is 38.5 Å². The van der Waals surface area contributed by atoms with Crippen molar-refractivity contribution in [3.63, 3.8) is 0 Å². The molecule has 2 bridgehead atoms. The first-order valence-corrected chi connectivity index (χ1v) is 12.0. The smallest absolute Gasteiger partial charge is 0.185 e. The van der Waals surface area contributed by atoms with E-state index in [0.29, 0.717) is 34.6 Å². The molecule has 1 aliphatic carbocycles. The molecule has 10 heteroatoms. The SMILES string of the molecule is Cn1cnc(-c2ccc(-c3ncc(N(C4CC4)[C@@H]4C[C@H]5CCC[C@](C)(N5)[C@@H]4F)nn3)c(O)c2)n1. The third kappa shape index (κ3) is 3.70. The number of halogens is 1. The lowest BCUT2D eigenvalue weighted by Crippen LogP contribution is -2.69. The van der Waals surface area contributed by atoms with Gasteiger partial charge in [-0.1, -0.05) is 6.07 Å². The number of phenolic OH excluding ortho intramolecular Hbond substituents is 1. The molecule has 4 atom stereocenters. The number of anilines is 1. The maximum atomic E-state index is 15.8. The Kier molecular flexibility index (Phi) is 5.02. The molecule has 34 heavy (non-hydrogen) atoms. The molecule has 0 amide bonds. The van der Waals surface area contributed by atoms with Crippen LogP contribution in [-0.2, 0) is 7.05 Å². The van der Waals surface area contributed by atoms with Crippen LogP contribution in [0.15, 0.2) is 30.7 Å². The van der Waals surface area contributed by atoms with E-state index in [1.807, 2.05) is 13.0 Å². The molecule has 3 fully saturated rings. The minimum atomic E-state index is -0.983. The standard InChI is InChI=1S/C24H29FN8O/c1-24-9-3-4-15(28-24)11-18(21(24)25)33(16-6-7-16)20-12-26-23(30-29-20)17-8-5-14(10-19(17)34)22-27-13-32(2)31-22/h5,8,10,12-13,15-16,18,21,28,34H,3-4,6-7,9,11H2,1-2H3/t15-,18-,21-,24+/m1/s1. The fourth-order valence-corrected chi connectivity index (χ4v) is 5.63. The van der Waals surface area contributed by atoms with Crippen molar-refractivity contribution < 1.29 is 9.50 Å². The molecule has 3 aromatic rings. The Hall–Kier alpha value is -3.14. The van der Waals surface area contributed by atoms with E-state index >= 15 is 4.39 Å². The van der Waals surface area contributed by atoms with Gasteiger partial charge in [0.05, 0.1) is 17.8 Å². The van der Waals surface area contributed by atoms with Gasteiger partial charge in [0.15, 0.2) is 17.5 Å². The van der Waals surface area contributed by atoms with Crippen LogP contribution in [0.4, 0.5) is 10.2 Å². The van der Waals surface area contributed by atoms with Gasteiger partial charge in [-0.2, -0.15) is 5.10 Å². The third-order valence-electron chi connectivity index (χ3n) is 7.46. The van der Waals surface area contributed by atoms with Crippen molar-refractivity contribution in [1.82, 2.24) is 35.3 Å². The maximum Gasteiger partial charge on any atom is 0.185 e. The summed E-state index contributed by atoms with van der Waals surface area (Å²) in [5.74, 6) is 1.49. The average Bonchev–Trinajstić information content (AvgIpc) is 3.56. The van der Waals surface area contributed by atoms with Crippen molar-refractivity contribution in [2.75, 3.05) is 4.90 Å². The molecular weight excluding hydrogens is 435 g/mol. The molecule has 2 N–H and O–H groups in total. The summed E-state index contributed by atoms with van der Waals surface area (Å²) in [6, 6.07) is 5.54. The van der Waals surface area contributed by atoms with Gasteiger partial charge in [-0.25, -0.2) is 14.4 Å². The topological polar surface area (TPSA) is 105 Å². The number of phenols is 1. The van der Waals surface area contributed by atoms with Crippen LogP contribution >= 0.6 is 0 Å². The molecule has 1 saturated carbocycles. The Morgan fingerprint density at radius 1 is 1.18 bits per heavy atom. The van der Waals surface area contributed by atoms with Crippen molar-refractivity contribution in [3.05, 3.63) is 30.7 Å². The highest BCUT2D eigenvalue weighted by Crippen LogP contribution is 2.43. The van der Waals surface area contributed by atoms with Crippen LogP contribution in [0.5, 0.6) is 5.75 Å². The number of hydrogen-bond donors (Lipinski definition) is 2. The van der Waals surface area contributed by atoms with E-state index in [-0.39, 0.29) is 17.8 Å². The molecule has 6 rings (SSSR count). The van der Waals surface area contributed by atoms with Crippen LogP contribution in [-0.4, -0.2) is 64.9 Å². The number of piperidine rings is 2. The molecule has 2 saturated heterocycles. The minimum absolute atomic E-state index is 0.0291. The van der Waals surface area contributed by atoms with Gasteiger partial charge >= 0.3 is 0 Å². The van der Waals surface area contributed by atoms with E-state index in [1.54, 1.807) is 36.4 Å². The fraction of sp³-hybridized carbons (Fsp3) is 0.542. The zero-order chi connectivity index (χ0) is 23.4. The van der Waals surface area contributed by atoms with Gasteiger partial charge in [-0.3, -0.25) is 4.68 Å². The Morgan fingerprint density at radius 3 is 2.71 bits per heavy atom. The molecule has 178 valence electrons. The lowest BCUT2D eigenvalue weighted by molar-refractivity contribution is 0.0385. The maximum absolute atomic E-state index is 15.8. The molecule has 2 aliphatic heterocycles. The Balaban J connectivity index is 1.27. The zero-order valence-corrected chi connectivity index (χ0v) is 19.4. The summed E-state index contributed by atoms with van der Waals surface area (Å²) in [6.07, 6.45) is 8.13. The van der Waals surface area contributed by atoms with Gasteiger partial charge in [0, 0.05) is 30.2 Å². The summed E-state index contributed by atoms with van der Waals surface area (Å²) in [5.41, 5.74) is 0.685. The molecule has 0 unspecified atom stereocenters. The first-order chi connectivity index (χ1) is 16.4. The van der Waals surface area contributed by atoms with Gasteiger partial charge in [-0.15, -0.1) is 10.2 Å². The molecule has 4 heterocycles. The van der Waals surface area contributed by atoms with Crippen LogP contribution in [0.25, 0.3) is 22.8 Å². The number of nitrogens with zero attached hydrogens (tertiary/aromatic N) is 7. The predicted octanol–water partition coefficient (Wildman–Crippen LogP) is 3.02. The van der Waals surface area contributed by atoms with Crippen LogP contribution in [0.3, 0.4) is 0 Å². The van der Waals surface area contributed by atoms with Crippen molar-refractivity contribution in [2.45, 2.75) is 75.3 Å². The second kappa shape index (κ2) is 7.97. The molecule has 2 aromatic heterocycles. The van der Waals surface area contributed by atoms with E-state index < -0.39 is 11.7 Å². The lowest BCUT2D eigenvalue weighted by Gasteiger charge is -2.52. The van der Waals surface area contributed by atoms with Crippen molar-refractivity contribution in [2.24, 2.45) is 7.05 Å². The van der Waals surface area contributed by atoms with E-state index in [4.69, 9.17) is 0 Å². The van der Waals surface area contributed by atoms with E-state index in [2.05, 4.69) is 35.5 Å². The highest BCUT2D eigenvalue weighted by Gasteiger charge is 2.52.